The van der Waals surface area contributed by atoms with Gasteiger partial charge in [0.05, 0.1) is 22.6 Å². The highest BCUT2D eigenvalue weighted by atomic mass is 16.6. The monoisotopic (exact) mass is 276 g/mol. The first kappa shape index (κ1) is 15.6. The maximum Gasteiger partial charge on any atom is 0.294 e. The van der Waals surface area contributed by atoms with Gasteiger partial charge in [0.1, 0.15) is 5.69 Å². The molecule has 0 fully saturated rings. The molecule has 20 heavy (non-hydrogen) atoms. The number of rotatable bonds is 5. The maximum absolute atomic E-state index is 11.9. The number of anilines is 1. The van der Waals surface area contributed by atoms with Crippen molar-refractivity contribution in [2.45, 2.75) is 26.3 Å². The highest BCUT2D eigenvalue weighted by molar-refractivity contribution is 5.96. The molecule has 0 spiro atoms. The molecule has 3 N–H and O–H groups in total. The Balaban J connectivity index is 2.95. The van der Waals surface area contributed by atoms with E-state index in [1.165, 1.54) is 12.1 Å². The van der Waals surface area contributed by atoms with Crippen LogP contribution in [0.4, 0.5) is 11.4 Å². The van der Waals surface area contributed by atoms with Gasteiger partial charge in [0.2, 0.25) is 5.91 Å². The molecule has 7 nitrogen and oxygen atoms in total. The molecule has 0 aliphatic rings. The minimum Gasteiger partial charge on any atom is -0.320 e. The molecule has 0 aromatic heterocycles. The molecule has 0 radical (unpaired) electrons. The first-order valence-corrected chi connectivity index (χ1v) is 6.10. The molecule has 0 unspecified atom stereocenters. The molecule has 0 aliphatic carbocycles. The number of carbonyl (C=O) groups is 1. The number of nitro benzene ring substituents is 1. The molecule has 1 rings (SSSR count). The molecule has 0 saturated heterocycles. The van der Waals surface area contributed by atoms with Crippen LogP contribution in [0.15, 0.2) is 18.2 Å². The van der Waals surface area contributed by atoms with Gasteiger partial charge in [-0.25, -0.2) is 0 Å². The minimum atomic E-state index is -0.731. The summed E-state index contributed by atoms with van der Waals surface area (Å²) in [5.74, 6) is -0.238. The van der Waals surface area contributed by atoms with E-state index in [1.807, 2.05) is 19.9 Å². The molecule has 7 heteroatoms. The Morgan fingerprint density at radius 1 is 1.55 bits per heavy atom. The Labute approximate surface area is 116 Å². The molecule has 1 atom stereocenters. The number of nitrogens with two attached hydrogens (primary N) is 1. The quantitative estimate of drug-likeness (QED) is 0.627. The zero-order valence-electron chi connectivity index (χ0n) is 11.3. The van der Waals surface area contributed by atoms with Crippen molar-refractivity contribution in [3.05, 3.63) is 33.9 Å². The first-order chi connectivity index (χ1) is 9.35. The number of nitrogens with one attached hydrogen (secondary N) is 1. The summed E-state index contributed by atoms with van der Waals surface area (Å²) in [7, 11) is 0. The number of nitro groups is 1. The lowest BCUT2D eigenvalue weighted by atomic mass is 10.0. The number of carbonyl (C=O) groups excluding carboxylic acids is 1. The Morgan fingerprint density at radius 3 is 2.70 bits per heavy atom. The highest BCUT2D eigenvalue weighted by Crippen LogP contribution is 2.25. The fraction of sp³-hybridized carbons (Fsp3) is 0.385. The van der Waals surface area contributed by atoms with Crippen molar-refractivity contribution < 1.29 is 9.72 Å². The smallest absolute Gasteiger partial charge is 0.294 e. The lowest BCUT2D eigenvalue weighted by Crippen LogP contribution is -2.36. The van der Waals surface area contributed by atoms with Crippen molar-refractivity contribution >= 4 is 17.3 Å². The van der Waals surface area contributed by atoms with Gasteiger partial charge in [0.15, 0.2) is 0 Å². The molecule has 1 aromatic carbocycles. The molecular formula is C13H16N4O3. The third-order valence-electron chi connectivity index (χ3n) is 2.64. The fourth-order valence-corrected chi connectivity index (χ4v) is 1.70. The van der Waals surface area contributed by atoms with Crippen LogP contribution in [0.25, 0.3) is 0 Å². The zero-order valence-corrected chi connectivity index (χ0v) is 11.3. The second kappa shape index (κ2) is 6.63. The van der Waals surface area contributed by atoms with E-state index in [0.717, 1.165) is 6.07 Å². The number of hydrogen-bond acceptors (Lipinski definition) is 5. The molecule has 1 amide bonds. The van der Waals surface area contributed by atoms with E-state index < -0.39 is 16.9 Å². The average Bonchev–Trinajstić information content (AvgIpc) is 2.37. The van der Waals surface area contributed by atoms with Crippen molar-refractivity contribution in [2.24, 2.45) is 11.7 Å². The van der Waals surface area contributed by atoms with Crippen molar-refractivity contribution in [1.29, 1.82) is 5.26 Å². The van der Waals surface area contributed by atoms with E-state index in [0.29, 0.717) is 6.42 Å². The summed E-state index contributed by atoms with van der Waals surface area (Å²) < 4.78 is 0. The normalized spacial score (nSPS) is 11.8. The van der Waals surface area contributed by atoms with Gasteiger partial charge in [-0.15, -0.1) is 0 Å². The summed E-state index contributed by atoms with van der Waals surface area (Å²) >= 11 is 0. The van der Waals surface area contributed by atoms with Crippen molar-refractivity contribution in [1.82, 2.24) is 0 Å². The summed E-state index contributed by atoms with van der Waals surface area (Å²) in [6, 6.07) is 4.92. The lowest BCUT2D eigenvalue weighted by molar-refractivity contribution is -0.383. The number of benzene rings is 1. The second-order valence-corrected chi connectivity index (χ2v) is 4.83. The molecule has 0 saturated carbocycles. The van der Waals surface area contributed by atoms with Crippen LogP contribution >= 0.6 is 0 Å². The fourth-order valence-electron chi connectivity index (χ4n) is 1.70. The van der Waals surface area contributed by atoms with E-state index in [2.05, 4.69) is 5.32 Å². The van der Waals surface area contributed by atoms with Crippen LogP contribution in [-0.4, -0.2) is 16.9 Å². The molecule has 0 aliphatic heterocycles. The summed E-state index contributed by atoms with van der Waals surface area (Å²) in [6.45, 7) is 3.86. The minimum absolute atomic E-state index is 0.0400. The van der Waals surface area contributed by atoms with Crippen LogP contribution in [-0.2, 0) is 4.79 Å². The number of hydrogen-bond donors (Lipinski definition) is 2. The Hall–Kier alpha value is -2.46. The third kappa shape index (κ3) is 4.03. The van der Waals surface area contributed by atoms with E-state index in [4.69, 9.17) is 11.0 Å². The van der Waals surface area contributed by atoms with Crippen LogP contribution in [0.5, 0.6) is 0 Å². The van der Waals surface area contributed by atoms with Crippen LogP contribution in [0, 0.1) is 27.4 Å². The van der Waals surface area contributed by atoms with E-state index in [9.17, 15) is 14.9 Å². The van der Waals surface area contributed by atoms with Crippen molar-refractivity contribution in [3.63, 3.8) is 0 Å². The predicted molar refractivity (Wildman–Crippen MR) is 73.9 cm³/mol. The molecule has 0 heterocycles. The SMILES string of the molecule is CC(C)C[C@H](N)C(=O)Nc1ccc(C#N)cc1[N+](=O)[O-]. The Kier molecular flexibility index (Phi) is 5.17. The number of amides is 1. The topological polar surface area (TPSA) is 122 Å². The molecule has 1 aromatic rings. The van der Waals surface area contributed by atoms with Gasteiger partial charge in [0.25, 0.3) is 5.69 Å². The van der Waals surface area contributed by atoms with Gasteiger partial charge in [-0.2, -0.15) is 5.26 Å². The van der Waals surface area contributed by atoms with E-state index in [-0.39, 0.29) is 22.9 Å². The van der Waals surface area contributed by atoms with Crippen LogP contribution in [0.1, 0.15) is 25.8 Å². The van der Waals surface area contributed by atoms with Crippen molar-refractivity contribution in [2.75, 3.05) is 5.32 Å². The van der Waals surface area contributed by atoms with Crippen LogP contribution in [0.3, 0.4) is 0 Å². The summed E-state index contributed by atoms with van der Waals surface area (Å²) in [4.78, 5) is 22.1. The summed E-state index contributed by atoms with van der Waals surface area (Å²) in [5, 5.41) is 22.1. The number of nitrogens with zero attached hydrogens (tertiary/aromatic N) is 2. The standard InChI is InChI=1S/C13H16N4O3/c1-8(2)5-10(15)13(18)16-11-4-3-9(7-14)6-12(11)17(19)20/h3-4,6,8,10H,5,15H2,1-2H3,(H,16,18)/t10-/m0/s1. The Bertz CT molecular complexity index is 563. The third-order valence-corrected chi connectivity index (χ3v) is 2.64. The maximum atomic E-state index is 11.9. The first-order valence-electron chi connectivity index (χ1n) is 6.10. The van der Waals surface area contributed by atoms with Crippen LogP contribution < -0.4 is 11.1 Å². The summed E-state index contributed by atoms with van der Waals surface area (Å²) in [5.41, 5.74) is 5.58. The van der Waals surface area contributed by atoms with Gasteiger partial charge >= 0.3 is 0 Å². The highest BCUT2D eigenvalue weighted by Gasteiger charge is 2.20. The molecule has 0 bridgehead atoms. The van der Waals surface area contributed by atoms with E-state index in [1.54, 1.807) is 0 Å². The van der Waals surface area contributed by atoms with Crippen molar-refractivity contribution in [3.8, 4) is 6.07 Å². The Morgan fingerprint density at radius 2 is 2.20 bits per heavy atom. The van der Waals surface area contributed by atoms with Crippen LogP contribution in [0.2, 0.25) is 0 Å². The second-order valence-electron chi connectivity index (χ2n) is 4.83. The van der Waals surface area contributed by atoms with Gasteiger partial charge in [-0.3, -0.25) is 14.9 Å². The van der Waals surface area contributed by atoms with E-state index >= 15 is 0 Å². The average molecular weight is 276 g/mol. The predicted octanol–water partition coefficient (Wildman–Crippen LogP) is 1.78. The zero-order chi connectivity index (χ0) is 15.3. The summed E-state index contributed by atoms with van der Waals surface area (Å²) in [6.07, 6.45) is 0.482. The van der Waals surface area contributed by atoms with Gasteiger partial charge in [-0.05, 0) is 24.5 Å². The molecule has 106 valence electrons. The lowest BCUT2D eigenvalue weighted by Gasteiger charge is -2.14. The van der Waals surface area contributed by atoms with Gasteiger partial charge < -0.3 is 11.1 Å². The molecular weight excluding hydrogens is 260 g/mol. The number of nitriles is 1. The largest absolute Gasteiger partial charge is 0.320 e. The van der Waals surface area contributed by atoms with Gasteiger partial charge in [-0.1, -0.05) is 13.8 Å². The van der Waals surface area contributed by atoms with Gasteiger partial charge in [0, 0.05) is 6.07 Å².